The van der Waals surface area contributed by atoms with Crippen LogP contribution in [-0.4, -0.2) is 37.4 Å². The fourth-order valence-corrected chi connectivity index (χ4v) is 2.49. The molecule has 1 fully saturated rings. The number of anilines is 1. The maximum absolute atomic E-state index is 10.9. The summed E-state index contributed by atoms with van der Waals surface area (Å²) < 4.78 is 5.37. The highest BCUT2D eigenvalue weighted by atomic mass is 35.5. The first-order valence-corrected chi connectivity index (χ1v) is 6.30. The number of carboxylic acids is 1. The zero-order valence-electron chi connectivity index (χ0n) is 10.2. The van der Waals surface area contributed by atoms with Crippen LogP contribution in [-0.2, 0) is 4.74 Å². The Balaban J connectivity index is 2.18. The van der Waals surface area contributed by atoms with Crippen molar-refractivity contribution in [3.8, 4) is 0 Å². The molecule has 0 spiro atoms. The van der Waals surface area contributed by atoms with E-state index in [1.807, 2.05) is 0 Å². The molecule has 5 heteroatoms. The van der Waals surface area contributed by atoms with Gasteiger partial charge < -0.3 is 14.7 Å². The van der Waals surface area contributed by atoms with Crippen molar-refractivity contribution >= 4 is 23.3 Å². The molecule has 1 unspecified atom stereocenters. The highest BCUT2D eigenvalue weighted by Crippen LogP contribution is 2.26. The van der Waals surface area contributed by atoms with Gasteiger partial charge in [0.15, 0.2) is 0 Å². The van der Waals surface area contributed by atoms with Gasteiger partial charge in [-0.15, -0.1) is 0 Å². The highest BCUT2D eigenvalue weighted by Gasteiger charge is 2.20. The van der Waals surface area contributed by atoms with Crippen molar-refractivity contribution in [1.29, 1.82) is 0 Å². The van der Waals surface area contributed by atoms with Gasteiger partial charge in [0.25, 0.3) is 0 Å². The van der Waals surface area contributed by atoms with Crippen molar-refractivity contribution in [1.82, 2.24) is 0 Å². The predicted octanol–water partition coefficient (Wildman–Crippen LogP) is 2.65. The van der Waals surface area contributed by atoms with Gasteiger partial charge in [0.2, 0.25) is 0 Å². The van der Waals surface area contributed by atoms with Crippen LogP contribution in [0.4, 0.5) is 5.69 Å². The molecule has 1 heterocycles. The van der Waals surface area contributed by atoms with E-state index in [0.717, 1.165) is 31.6 Å². The van der Waals surface area contributed by atoms with Crippen molar-refractivity contribution in [3.05, 3.63) is 28.8 Å². The zero-order chi connectivity index (χ0) is 13.1. The van der Waals surface area contributed by atoms with Gasteiger partial charge >= 0.3 is 5.97 Å². The number of carboxylic acid groups (broad SMARTS) is 1. The Labute approximate surface area is 111 Å². The average Bonchev–Trinajstić information content (AvgIpc) is 2.38. The number of nitrogens with zero attached hydrogens (tertiary/aromatic N) is 1. The SMILES string of the molecule is COC1CCCN(c2ccc(C(=O)O)c(Cl)c2)C1. The van der Waals surface area contributed by atoms with Crippen LogP contribution in [0.2, 0.25) is 5.02 Å². The lowest BCUT2D eigenvalue weighted by Crippen LogP contribution is -2.39. The highest BCUT2D eigenvalue weighted by molar-refractivity contribution is 6.33. The lowest BCUT2D eigenvalue weighted by Gasteiger charge is -2.33. The van der Waals surface area contributed by atoms with Gasteiger partial charge in [-0.3, -0.25) is 0 Å². The molecular weight excluding hydrogens is 254 g/mol. The number of methoxy groups -OCH3 is 1. The second-order valence-electron chi connectivity index (χ2n) is 4.42. The molecule has 4 nitrogen and oxygen atoms in total. The standard InChI is InChI=1S/C13H16ClNO3/c1-18-10-3-2-6-15(8-10)9-4-5-11(13(16)17)12(14)7-9/h4-5,7,10H,2-3,6,8H2,1H3,(H,16,17). The topological polar surface area (TPSA) is 49.8 Å². The van der Waals surface area contributed by atoms with E-state index in [4.69, 9.17) is 21.4 Å². The third-order valence-electron chi connectivity index (χ3n) is 3.26. The summed E-state index contributed by atoms with van der Waals surface area (Å²) >= 11 is 5.98. The molecule has 0 bridgehead atoms. The Bertz CT molecular complexity index is 450. The van der Waals surface area contributed by atoms with Crippen LogP contribution < -0.4 is 4.90 Å². The molecule has 98 valence electrons. The number of hydrogen-bond acceptors (Lipinski definition) is 3. The minimum absolute atomic E-state index is 0.140. The number of piperidine rings is 1. The molecule has 1 atom stereocenters. The summed E-state index contributed by atoms with van der Waals surface area (Å²) in [5.41, 5.74) is 1.09. The monoisotopic (exact) mass is 269 g/mol. The molecule has 1 aromatic rings. The number of aromatic carboxylic acids is 1. The third-order valence-corrected chi connectivity index (χ3v) is 3.57. The van der Waals surface area contributed by atoms with Crippen molar-refractivity contribution in [2.45, 2.75) is 18.9 Å². The van der Waals surface area contributed by atoms with Gasteiger partial charge in [0, 0.05) is 25.9 Å². The molecule has 0 amide bonds. The number of hydrogen-bond donors (Lipinski definition) is 1. The van der Waals surface area contributed by atoms with Gasteiger partial charge in [-0.1, -0.05) is 11.6 Å². The lowest BCUT2D eigenvalue weighted by atomic mass is 10.1. The van der Waals surface area contributed by atoms with Crippen LogP contribution in [0.3, 0.4) is 0 Å². The maximum atomic E-state index is 10.9. The number of halogens is 1. The molecule has 18 heavy (non-hydrogen) atoms. The largest absolute Gasteiger partial charge is 0.478 e. The predicted molar refractivity (Wildman–Crippen MR) is 70.7 cm³/mol. The van der Waals surface area contributed by atoms with Crippen LogP contribution in [0.15, 0.2) is 18.2 Å². The molecule has 0 saturated carbocycles. The first kappa shape index (κ1) is 13.2. The Morgan fingerprint density at radius 1 is 1.56 bits per heavy atom. The summed E-state index contributed by atoms with van der Waals surface area (Å²) in [6, 6.07) is 5.06. The summed E-state index contributed by atoms with van der Waals surface area (Å²) in [6.07, 6.45) is 2.36. The normalized spacial score (nSPS) is 19.9. The number of rotatable bonds is 3. The van der Waals surface area contributed by atoms with Crippen LogP contribution in [0.1, 0.15) is 23.2 Å². The van der Waals surface area contributed by atoms with Gasteiger partial charge in [-0.05, 0) is 31.0 Å². The minimum atomic E-state index is -1.00. The molecule has 0 aliphatic carbocycles. The Hall–Kier alpha value is -1.26. The summed E-state index contributed by atoms with van der Waals surface area (Å²) in [6.45, 7) is 1.77. The van der Waals surface area contributed by atoms with Crippen LogP contribution in [0.25, 0.3) is 0 Å². The third kappa shape index (κ3) is 2.76. The van der Waals surface area contributed by atoms with Crippen molar-refractivity contribution < 1.29 is 14.6 Å². The van der Waals surface area contributed by atoms with E-state index >= 15 is 0 Å². The molecule has 0 aromatic heterocycles. The first-order chi connectivity index (χ1) is 8.61. The molecule has 1 saturated heterocycles. The van der Waals surface area contributed by atoms with Gasteiger partial charge in [0.05, 0.1) is 16.7 Å². The maximum Gasteiger partial charge on any atom is 0.337 e. The molecule has 0 radical (unpaired) electrons. The Morgan fingerprint density at radius 2 is 2.33 bits per heavy atom. The number of benzene rings is 1. The smallest absolute Gasteiger partial charge is 0.337 e. The summed E-state index contributed by atoms with van der Waals surface area (Å²) in [4.78, 5) is 13.1. The second-order valence-corrected chi connectivity index (χ2v) is 4.82. The summed E-state index contributed by atoms with van der Waals surface area (Å²) in [5, 5.41) is 9.21. The molecule has 1 aromatic carbocycles. The molecule has 1 aliphatic rings. The van der Waals surface area contributed by atoms with E-state index in [1.165, 1.54) is 0 Å². The van der Waals surface area contributed by atoms with Crippen LogP contribution in [0.5, 0.6) is 0 Å². The van der Waals surface area contributed by atoms with E-state index in [1.54, 1.807) is 25.3 Å². The van der Waals surface area contributed by atoms with Gasteiger partial charge in [-0.2, -0.15) is 0 Å². The fourth-order valence-electron chi connectivity index (χ4n) is 2.24. The number of carbonyl (C=O) groups is 1. The minimum Gasteiger partial charge on any atom is -0.478 e. The molecular formula is C13H16ClNO3. The quantitative estimate of drug-likeness (QED) is 0.917. The van der Waals surface area contributed by atoms with Crippen LogP contribution in [0, 0.1) is 0 Å². The van der Waals surface area contributed by atoms with Gasteiger partial charge in [0.1, 0.15) is 0 Å². The van der Waals surface area contributed by atoms with E-state index in [0.29, 0.717) is 0 Å². The van der Waals surface area contributed by atoms with Crippen LogP contribution >= 0.6 is 11.6 Å². The van der Waals surface area contributed by atoms with E-state index in [-0.39, 0.29) is 16.7 Å². The fraction of sp³-hybridized carbons (Fsp3) is 0.462. The first-order valence-electron chi connectivity index (χ1n) is 5.92. The van der Waals surface area contributed by atoms with E-state index < -0.39 is 5.97 Å². The Kier molecular flexibility index (Phi) is 4.09. The average molecular weight is 270 g/mol. The summed E-state index contributed by atoms with van der Waals surface area (Å²) in [5.74, 6) is -1.00. The van der Waals surface area contributed by atoms with Gasteiger partial charge in [-0.25, -0.2) is 4.79 Å². The van der Waals surface area contributed by atoms with Crippen molar-refractivity contribution in [3.63, 3.8) is 0 Å². The van der Waals surface area contributed by atoms with E-state index in [9.17, 15) is 4.79 Å². The zero-order valence-corrected chi connectivity index (χ0v) is 11.0. The summed E-state index contributed by atoms with van der Waals surface area (Å²) in [7, 11) is 1.72. The van der Waals surface area contributed by atoms with Crippen molar-refractivity contribution in [2.75, 3.05) is 25.1 Å². The molecule has 1 N–H and O–H groups in total. The lowest BCUT2D eigenvalue weighted by molar-refractivity contribution is 0.0697. The number of ether oxygens (including phenoxy) is 1. The van der Waals surface area contributed by atoms with Crippen molar-refractivity contribution in [2.24, 2.45) is 0 Å². The Morgan fingerprint density at radius 3 is 2.94 bits per heavy atom. The van der Waals surface area contributed by atoms with E-state index in [2.05, 4.69) is 4.90 Å². The molecule has 2 rings (SSSR count). The second kappa shape index (κ2) is 5.59. The molecule has 1 aliphatic heterocycles.